The number of hydrogen-bond donors (Lipinski definition) is 2. The minimum atomic E-state index is -0.648. The van der Waals surface area contributed by atoms with Crippen molar-refractivity contribution in [2.24, 2.45) is 7.05 Å². The van der Waals surface area contributed by atoms with Crippen molar-refractivity contribution in [1.29, 1.82) is 0 Å². The number of rotatable bonds is 5. The molecule has 2 amide bonds. The van der Waals surface area contributed by atoms with Gasteiger partial charge >= 0.3 is 0 Å². The Hall–Kier alpha value is -4.40. The monoisotopic (exact) mass is 447 g/mol. The molecule has 0 atom stereocenters. The number of carbonyl (C=O) groups excluding carboxylic acids is 2. The van der Waals surface area contributed by atoms with Crippen molar-refractivity contribution < 1.29 is 18.4 Å². The molecule has 2 heterocycles. The van der Waals surface area contributed by atoms with Gasteiger partial charge in [0.05, 0.1) is 22.5 Å². The lowest BCUT2D eigenvalue weighted by Gasteiger charge is -2.09. The van der Waals surface area contributed by atoms with Crippen molar-refractivity contribution in [3.8, 4) is 11.3 Å². The summed E-state index contributed by atoms with van der Waals surface area (Å²) in [5.41, 5.74) is 1.61. The molecular weight excluding hydrogens is 428 g/mol. The average Bonchev–Trinajstić information content (AvgIpc) is 3.15. The molecule has 0 saturated carbocycles. The predicted octanol–water partition coefficient (Wildman–Crippen LogP) is 4.57. The van der Waals surface area contributed by atoms with Gasteiger partial charge in [-0.1, -0.05) is 18.2 Å². The summed E-state index contributed by atoms with van der Waals surface area (Å²) >= 11 is 0. The minimum Gasteiger partial charge on any atom is -0.319 e. The van der Waals surface area contributed by atoms with Gasteiger partial charge in [0, 0.05) is 30.6 Å². The third kappa shape index (κ3) is 4.62. The molecule has 2 aromatic carbocycles. The van der Waals surface area contributed by atoms with Crippen LogP contribution in [0, 0.1) is 18.6 Å². The maximum atomic E-state index is 14.7. The molecule has 7 nitrogen and oxygen atoms in total. The summed E-state index contributed by atoms with van der Waals surface area (Å²) in [4.78, 5) is 28.9. The van der Waals surface area contributed by atoms with Gasteiger partial charge in [-0.15, -0.1) is 0 Å². The van der Waals surface area contributed by atoms with Gasteiger partial charge in [0.15, 0.2) is 0 Å². The van der Waals surface area contributed by atoms with Crippen LogP contribution in [0.15, 0.2) is 66.9 Å². The number of hydrogen-bond acceptors (Lipinski definition) is 4. The van der Waals surface area contributed by atoms with E-state index in [0.29, 0.717) is 28.3 Å². The molecule has 0 bridgehead atoms. The van der Waals surface area contributed by atoms with Crippen LogP contribution < -0.4 is 10.6 Å². The average molecular weight is 447 g/mol. The lowest BCUT2D eigenvalue weighted by Crippen LogP contribution is -2.15. The van der Waals surface area contributed by atoms with Gasteiger partial charge in [0.2, 0.25) is 0 Å². The first-order valence-corrected chi connectivity index (χ1v) is 9.96. The first-order valence-electron chi connectivity index (χ1n) is 9.96. The zero-order valence-corrected chi connectivity index (χ0v) is 17.8. The summed E-state index contributed by atoms with van der Waals surface area (Å²) in [6.45, 7) is 1.69. The van der Waals surface area contributed by atoms with Crippen molar-refractivity contribution in [3.05, 3.63) is 95.3 Å². The molecule has 0 aliphatic carbocycles. The van der Waals surface area contributed by atoms with Crippen LogP contribution in [0.2, 0.25) is 0 Å². The molecule has 2 N–H and O–H groups in total. The number of amides is 2. The van der Waals surface area contributed by atoms with Gasteiger partial charge in [-0.2, -0.15) is 5.10 Å². The maximum Gasteiger partial charge on any atom is 0.259 e. The van der Waals surface area contributed by atoms with Gasteiger partial charge in [0.1, 0.15) is 17.5 Å². The van der Waals surface area contributed by atoms with Crippen molar-refractivity contribution in [1.82, 2.24) is 14.8 Å². The van der Waals surface area contributed by atoms with E-state index in [4.69, 9.17) is 0 Å². The predicted molar refractivity (Wildman–Crippen MR) is 120 cm³/mol. The van der Waals surface area contributed by atoms with Gasteiger partial charge in [0.25, 0.3) is 11.8 Å². The van der Waals surface area contributed by atoms with Crippen LogP contribution in [0.1, 0.15) is 26.4 Å². The normalized spacial score (nSPS) is 10.7. The zero-order valence-electron chi connectivity index (χ0n) is 17.8. The van der Waals surface area contributed by atoms with Crippen LogP contribution in [0.3, 0.4) is 0 Å². The highest BCUT2D eigenvalue weighted by Gasteiger charge is 2.16. The molecule has 33 heavy (non-hydrogen) atoms. The Morgan fingerprint density at radius 2 is 1.61 bits per heavy atom. The van der Waals surface area contributed by atoms with Crippen molar-refractivity contribution in [3.63, 3.8) is 0 Å². The smallest absolute Gasteiger partial charge is 0.259 e. The Morgan fingerprint density at radius 3 is 2.33 bits per heavy atom. The van der Waals surface area contributed by atoms with E-state index in [2.05, 4.69) is 20.7 Å². The Morgan fingerprint density at radius 1 is 0.879 bits per heavy atom. The number of aromatic nitrogens is 3. The quantitative estimate of drug-likeness (QED) is 0.469. The first kappa shape index (κ1) is 21.8. The Kier molecular flexibility index (Phi) is 5.95. The fourth-order valence-electron chi connectivity index (χ4n) is 3.24. The molecule has 0 unspecified atom stereocenters. The minimum absolute atomic E-state index is 0.0102. The molecule has 0 radical (unpaired) electrons. The van der Waals surface area contributed by atoms with E-state index in [-0.39, 0.29) is 11.3 Å². The summed E-state index contributed by atoms with van der Waals surface area (Å²) in [7, 11) is 1.60. The molecule has 9 heteroatoms. The molecule has 2 aromatic heterocycles. The summed E-state index contributed by atoms with van der Waals surface area (Å²) in [5, 5.41) is 9.42. The Labute approximate surface area is 188 Å². The highest BCUT2D eigenvalue weighted by molar-refractivity contribution is 6.05. The standard InChI is InChI=1S/C24H19F2N5O2/c1-14-16(7-5-11-27-14)23(32)28-20-10-9-15(12-19(20)26)21-13-22(31(2)30-21)29-24(33)17-6-3-4-8-18(17)25/h3-13H,1-2H3,(H,28,32)(H,29,33). The van der Waals surface area contributed by atoms with Crippen LogP contribution >= 0.6 is 0 Å². The van der Waals surface area contributed by atoms with Crippen LogP contribution in [0.25, 0.3) is 11.3 Å². The SMILES string of the molecule is Cc1ncccc1C(=O)Nc1ccc(-c2cc(NC(=O)c3ccccc3F)n(C)n2)cc1F. The van der Waals surface area contributed by atoms with E-state index in [1.165, 1.54) is 35.0 Å². The van der Waals surface area contributed by atoms with Gasteiger partial charge in [-0.05, 0) is 43.3 Å². The highest BCUT2D eigenvalue weighted by Crippen LogP contribution is 2.26. The fourth-order valence-corrected chi connectivity index (χ4v) is 3.24. The Balaban J connectivity index is 1.53. The van der Waals surface area contributed by atoms with E-state index in [1.807, 2.05) is 0 Å². The van der Waals surface area contributed by atoms with Crippen LogP contribution in [0.5, 0.6) is 0 Å². The van der Waals surface area contributed by atoms with Crippen LogP contribution in [-0.2, 0) is 7.05 Å². The lowest BCUT2D eigenvalue weighted by atomic mass is 10.1. The molecule has 4 rings (SSSR count). The number of pyridine rings is 1. The van der Waals surface area contributed by atoms with E-state index in [1.54, 1.807) is 50.5 Å². The van der Waals surface area contributed by atoms with Gasteiger partial charge in [-0.3, -0.25) is 19.3 Å². The van der Waals surface area contributed by atoms with Crippen molar-refractivity contribution >= 4 is 23.3 Å². The summed E-state index contributed by atoms with van der Waals surface area (Å²) in [5.74, 6) is -2.08. The number of nitrogens with zero attached hydrogens (tertiary/aromatic N) is 3. The van der Waals surface area contributed by atoms with E-state index < -0.39 is 23.4 Å². The molecule has 0 fully saturated rings. The molecule has 0 aliphatic heterocycles. The largest absolute Gasteiger partial charge is 0.319 e. The van der Waals surface area contributed by atoms with Gasteiger partial charge in [-0.25, -0.2) is 8.78 Å². The topological polar surface area (TPSA) is 88.9 Å². The zero-order chi connectivity index (χ0) is 23.5. The van der Waals surface area contributed by atoms with E-state index in [0.717, 1.165) is 0 Å². The summed E-state index contributed by atoms with van der Waals surface area (Å²) < 4.78 is 30.0. The lowest BCUT2D eigenvalue weighted by molar-refractivity contribution is 0.101. The van der Waals surface area contributed by atoms with Gasteiger partial charge < -0.3 is 10.6 Å². The van der Waals surface area contributed by atoms with Crippen LogP contribution in [0.4, 0.5) is 20.3 Å². The molecule has 4 aromatic rings. The number of anilines is 2. The van der Waals surface area contributed by atoms with Crippen LogP contribution in [-0.4, -0.2) is 26.6 Å². The molecule has 0 saturated heterocycles. The van der Waals surface area contributed by atoms with Crippen molar-refractivity contribution in [2.75, 3.05) is 10.6 Å². The second-order valence-corrected chi connectivity index (χ2v) is 7.26. The third-order valence-corrected chi connectivity index (χ3v) is 5.00. The number of carbonyl (C=O) groups is 2. The fraction of sp³-hybridized carbons (Fsp3) is 0.0833. The van der Waals surface area contributed by atoms with Crippen molar-refractivity contribution in [2.45, 2.75) is 6.92 Å². The number of benzene rings is 2. The number of aryl methyl sites for hydroxylation is 2. The van der Waals surface area contributed by atoms with E-state index >= 15 is 0 Å². The molecule has 0 aliphatic rings. The number of halogens is 2. The Bertz CT molecular complexity index is 1370. The first-order chi connectivity index (χ1) is 15.8. The maximum absolute atomic E-state index is 14.7. The molecule has 0 spiro atoms. The second-order valence-electron chi connectivity index (χ2n) is 7.26. The van der Waals surface area contributed by atoms with E-state index in [9.17, 15) is 18.4 Å². The summed E-state index contributed by atoms with van der Waals surface area (Å²) in [6.07, 6.45) is 1.57. The highest BCUT2D eigenvalue weighted by atomic mass is 19.1. The third-order valence-electron chi connectivity index (χ3n) is 5.00. The summed E-state index contributed by atoms with van der Waals surface area (Å²) in [6, 6.07) is 14.7. The number of nitrogens with one attached hydrogen (secondary N) is 2. The second kappa shape index (κ2) is 8.99. The molecule has 166 valence electrons. The molecular formula is C24H19F2N5O2.